The number of carboxylic acids is 1. The number of aromatic nitrogens is 1. The lowest BCUT2D eigenvalue weighted by molar-refractivity contribution is -0.596. The van der Waals surface area contributed by atoms with E-state index in [1.807, 2.05) is 59.4 Å². The number of pyridine rings is 1. The highest BCUT2D eigenvalue weighted by Crippen LogP contribution is 2.26. The number of hydrogen-bond donors (Lipinski definition) is 1. The lowest BCUT2D eigenvalue weighted by atomic mass is 9.92. The number of nitrogens with zero attached hydrogens (tertiary/aromatic N) is 1. The Labute approximate surface area is 125 Å². The second-order valence-corrected chi connectivity index (χ2v) is 5.23. The highest BCUT2D eigenvalue weighted by molar-refractivity contribution is 5.77. The first kappa shape index (κ1) is 15.2. The average Bonchev–Trinajstić information content (AvgIpc) is 2.52. The molecule has 0 radical (unpaired) electrons. The number of hydrogen-bond acceptors (Lipinski definition) is 1. The first-order valence-corrected chi connectivity index (χ1v) is 7.52. The Balaban J connectivity index is 2.35. The first-order valence-electron chi connectivity index (χ1n) is 7.52. The Kier molecular flexibility index (Phi) is 5.50. The molecule has 2 aromatic rings. The molecule has 0 bridgehead atoms. The zero-order chi connectivity index (χ0) is 15.1. The molecular weight excluding hydrogens is 262 g/mol. The number of carbonyl (C=O) groups is 1. The van der Waals surface area contributed by atoms with Gasteiger partial charge in [0.25, 0.3) is 0 Å². The van der Waals surface area contributed by atoms with Gasteiger partial charge in [0.1, 0.15) is 0 Å². The first-order chi connectivity index (χ1) is 10.2. The highest BCUT2D eigenvalue weighted by atomic mass is 16.4. The quantitative estimate of drug-likeness (QED) is 0.622. The molecule has 3 heteroatoms. The molecule has 1 aromatic heterocycles. The summed E-state index contributed by atoms with van der Waals surface area (Å²) < 4.78 is 1.98. The molecule has 21 heavy (non-hydrogen) atoms. The number of aliphatic carboxylic acids is 1. The van der Waals surface area contributed by atoms with Gasteiger partial charge in [-0.2, -0.15) is 4.57 Å². The zero-order valence-electron chi connectivity index (χ0n) is 12.4. The summed E-state index contributed by atoms with van der Waals surface area (Å²) in [5.74, 6) is -1.18. The Hall–Kier alpha value is -2.16. The van der Waals surface area contributed by atoms with Gasteiger partial charge in [-0.05, 0) is 6.42 Å². The maximum absolute atomic E-state index is 11.7. The number of para-hydroxylation sites is 1. The normalized spacial score (nSPS) is 12.0. The molecule has 0 saturated carbocycles. The van der Waals surface area contributed by atoms with E-state index < -0.39 is 11.9 Å². The molecule has 0 fully saturated rings. The molecule has 0 amide bonds. The van der Waals surface area contributed by atoms with E-state index in [9.17, 15) is 9.90 Å². The predicted molar refractivity (Wildman–Crippen MR) is 82.5 cm³/mol. The number of unbranched alkanes of at least 4 members (excludes halogenated alkanes) is 2. The lowest BCUT2D eigenvalue weighted by Crippen LogP contribution is -2.32. The zero-order valence-corrected chi connectivity index (χ0v) is 12.4. The third-order valence-corrected chi connectivity index (χ3v) is 3.70. The summed E-state index contributed by atoms with van der Waals surface area (Å²) in [7, 11) is 0. The third-order valence-electron chi connectivity index (χ3n) is 3.70. The van der Waals surface area contributed by atoms with Crippen molar-refractivity contribution in [3.8, 4) is 5.69 Å². The van der Waals surface area contributed by atoms with Crippen LogP contribution >= 0.6 is 0 Å². The van der Waals surface area contributed by atoms with Crippen molar-refractivity contribution in [3.63, 3.8) is 0 Å². The van der Waals surface area contributed by atoms with Crippen LogP contribution in [0, 0.1) is 0 Å². The summed E-state index contributed by atoms with van der Waals surface area (Å²) in [6.07, 6.45) is 7.70. The van der Waals surface area contributed by atoms with E-state index in [1.165, 1.54) is 0 Å². The predicted octanol–water partition coefficient (Wildman–Crippen LogP) is 3.71. The largest absolute Gasteiger partial charge is 0.481 e. The SMILES string of the molecule is CCCCCC(C(=O)O)c1ccccc1-[n+]1ccccc1. The van der Waals surface area contributed by atoms with E-state index in [-0.39, 0.29) is 0 Å². The molecule has 0 saturated heterocycles. The van der Waals surface area contributed by atoms with E-state index in [4.69, 9.17) is 0 Å². The van der Waals surface area contributed by atoms with Gasteiger partial charge in [-0.1, -0.05) is 50.5 Å². The van der Waals surface area contributed by atoms with Crippen LogP contribution < -0.4 is 4.57 Å². The fraction of sp³-hybridized carbons (Fsp3) is 0.333. The minimum atomic E-state index is -0.741. The van der Waals surface area contributed by atoms with Gasteiger partial charge in [-0.25, -0.2) is 0 Å². The topological polar surface area (TPSA) is 41.2 Å². The summed E-state index contributed by atoms with van der Waals surface area (Å²) in [5.41, 5.74) is 1.83. The van der Waals surface area contributed by atoms with Crippen LogP contribution in [-0.4, -0.2) is 11.1 Å². The van der Waals surface area contributed by atoms with E-state index in [2.05, 4.69) is 6.92 Å². The van der Waals surface area contributed by atoms with Crippen LogP contribution in [0.15, 0.2) is 54.9 Å². The minimum absolute atomic E-state index is 0.444. The molecule has 2 rings (SSSR count). The van der Waals surface area contributed by atoms with Gasteiger partial charge >= 0.3 is 5.97 Å². The van der Waals surface area contributed by atoms with Crippen LogP contribution in [0.25, 0.3) is 5.69 Å². The van der Waals surface area contributed by atoms with Crippen molar-refractivity contribution < 1.29 is 14.5 Å². The van der Waals surface area contributed by atoms with Gasteiger partial charge in [0.2, 0.25) is 5.69 Å². The number of rotatable bonds is 7. The van der Waals surface area contributed by atoms with Crippen molar-refractivity contribution >= 4 is 5.97 Å². The fourth-order valence-electron chi connectivity index (χ4n) is 2.59. The molecule has 1 unspecified atom stereocenters. The molecular formula is C18H22NO2+. The van der Waals surface area contributed by atoms with Crippen molar-refractivity contribution in [1.82, 2.24) is 0 Å². The Bertz CT molecular complexity index is 581. The molecule has 1 aromatic carbocycles. The molecule has 3 nitrogen and oxygen atoms in total. The van der Waals surface area contributed by atoms with Crippen LogP contribution in [0.1, 0.15) is 44.1 Å². The fourth-order valence-corrected chi connectivity index (χ4v) is 2.59. The van der Waals surface area contributed by atoms with E-state index in [0.29, 0.717) is 6.42 Å². The van der Waals surface area contributed by atoms with Crippen LogP contribution in [0.2, 0.25) is 0 Å². The molecule has 110 valence electrons. The number of carboxylic acid groups (broad SMARTS) is 1. The molecule has 0 spiro atoms. The van der Waals surface area contributed by atoms with Crippen molar-refractivity contribution in [1.29, 1.82) is 0 Å². The lowest BCUT2D eigenvalue weighted by Gasteiger charge is -2.13. The minimum Gasteiger partial charge on any atom is -0.481 e. The standard InChI is InChI=1S/C18H21NO2/c1-2-3-5-11-16(18(20)21)15-10-6-7-12-17(15)19-13-8-4-9-14-19/h4,6-10,12-14,16H,2-3,5,11H2,1H3/p+1. The van der Waals surface area contributed by atoms with Crippen molar-refractivity contribution in [2.24, 2.45) is 0 Å². The van der Waals surface area contributed by atoms with Crippen molar-refractivity contribution in [2.45, 2.75) is 38.5 Å². The van der Waals surface area contributed by atoms with Crippen molar-refractivity contribution in [2.75, 3.05) is 0 Å². The van der Waals surface area contributed by atoms with Gasteiger partial charge in [0.05, 0.1) is 5.92 Å². The van der Waals surface area contributed by atoms with Crippen LogP contribution in [0.3, 0.4) is 0 Å². The Morgan fingerprint density at radius 3 is 2.48 bits per heavy atom. The maximum Gasteiger partial charge on any atom is 0.311 e. The maximum atomic E-state index is 11.7. The van der Waals surface area contributed by atoms with Gasteiger partial charge in [-0.3, -0.25) is 4.79 Å². The van der Waals surface area contributed by atoms with Gasteiger partial charge in [0, 0.05) is 23.8 Å². The van der Waals surface area contributed by atoms with Gasteiger partial charge < -0.3 is 5.11 Å². The molecule has 0 aliphatic carbocycles. The summed E-state index contributed by atoms with van der Waals surface area (Å²) in [5, 5.41) is 9.59. The summed E-state index contributed by atoms with van der Waals surface area (Å²) >= 11 is 0. The molecule has 0 aliphatic heterocycles. The van der Waals surface area contributed by atoms with E-state index >= 15 is 0 Å². The second kappa shape index (κ2) is 7.58. The number of benzene rings is 1. The van der Waals surface area contributed by atoms with Gasteiger partial charge in [0.15, 0.2) is 12.4 Å². The van der Waals surface area contributed by atoms with E-state index in [1.54, 1.807) is 0 Å². The molecule has 1 atom stereocenters. The average molecular weight is 284 g/mol. The monoisotopic (exact) mass is 284 g/mol. The highest BCUT2D eigenvalue weighted by Gasteiger charge is 2.25. The molecule has 1 N–H and O–H groups in total. The molecule has 0 aliphatic rings. The van der Waals surface area contributed by atoms with E-state index in [0.717, 1.165) is 30.5 Å². The Morgan fingerprint density at radius 2 is 1.81 bits per heavy atom. The third kappa shape index (κ3) is 3.91. The Morgan fingerprint density at radius 1 is 1.10 bits per heavy atom. The van der Waals surface area contributed by atoms with Gasteiger partial charge in [-0.15, -0.1) is 0 Å². The summed E-state index contributed by atoms with van der Waals surface area (Å²) in [6.45, 7) is 2.13. The molecule has 1 heterocycles. The smallest absolute Gasteiger partial charge is 0.311 e. The second-order valence-electron chi connectivity index (χ2n) is 5.23. The summed E-state index contributed by atoms with van der Waals surface area (Å²) in [6, 6.07) is 13.6. The summed E-state index contributed by atoms with van der Waals surface area (Å²) in [4.78, 5) is 11.7. The van der Waals surface area contributed by atoms with Crippen LogP contribution in [0.4, 0.5) is 0 Å². The van der Waals surface area contributed by atoms with Crippen LogP contribution in [0.5, 0.6) is 0 Å². The van der Waals surface area contributed by atoms with Crippen LogP contribution in [-0.2, 0) is 4.79 Å². The van der Waals surface area contributed by atoms with Crippen molar-refractivity contribution in [3.05, 3.63) is 60.4 Å².